The van der Waals surface area contributed by atoms with Gasteiger partial charge in [-0.25, -0.2) is 0 Å². The third-order valence-corrected chi connectivity index (χ3v) is 3.61. The number of nitrogens with one attached hydrogen (secondary N) is 1. The first-order valence-electron chi connectivity index (χ1n) is 6.72. The molecular weight excluding hydrogens is 268 g/mol. The van der Waals surface area contributed by atoms with E-state index in [1.165, 1.54) is 0 Å². The molecule has 0 aliphatic carbocycles. The van der Waals surface area contributed by atoms with E-state index >= 15 is 0 Å². The highest BCUT2D eigenvalue weighted by Gasteiger charge is 2.40. The number of amides is 2. The Morgan fingerprint density at radius 2 is 2.05 bits per heavy atom. The van der Waals surface area contributed by atoms with Gasteiger partial charge in [-0.1, -0.05) is 30.0 Å². The summed E-state index contributed by atoms with van der Waals surface area (Å²) in [6.45, 7) is 3.99. The Kier molecular flexibility index (Phi) is 4.41. The number of imide groups is 1. The van der Waals surface area contributed by atoms with Crippen LogP contribution < -0.4 is 5.32 Å². The van der Waals surface area contributed by atoms with Crippen molar-refractivity contribution in [2.45, 2.75) is 25.9 Å². The van der Waals surface area contributed by atoms with Gasteiger partial charge in [0.1, 0.15) is 6.61 Å². The van der Waals surface area contributed by atoms with E-state index in [2.05, 4.69) is 17.2 Å². The molecule has 1 heterocycles. The summed E-state index contributed by atoms with van der Waals surface area (Å²) in [5.74, 6) is 4.92. The number of hydrogen-bond donors (Lipinski definition) is 2. The van der Waals surface area contributed by atoms with E-state index in [1.807, 2.05) is 29.2 Å². The monoisotopic (exact) mass is 286 g/mol. The second-order valence-electron chi connectivity index (χ2n) is 5.41. The van der Waals surface area contributed by atoms with Gasteiger partial charge in [-0.15, -0.1) is 0 Å². The molecule has 1 aliphatic rings. The van der Waals surface area contributed by atoms with Crippen LogP contribution in [0.1, 0.15) is 25.0 Å². The van der Waals surface area contributed by atoms with Gasteiger partial charge in [0.05, 0.1) is 12.1 Å². The summed E-state index contributed by atoms with van der Waals surface area (Å²) in [4.78, 5) is 25.4. The molecule has 0 unspecified atom stereocenters. The minimum atomic E-state index is -0.759. The number of piperazine rings is 1. The summed E-state index contributed by atoms with van der Waals surface area (Å²) in [5.41, 5.74) is 0.959. The van der Waals surface area contributed by atoms with E-state index in [4.69, 9.17) is 5.11 Å². The van der Waals surface area contributed by atoms with Crippen LogP contribution in [0.2, 0.25) is 0 Å². The maximum atomic E-state index is 11.9. The summed E-state index contributed by atoms with van der Waals surface area (Å²) in [5, 5.41) is 11.2. The molecule has 21 heavy (non-hydrogen) atoms. The molecule has 5 nitrogen and oxygen atoms in total. The third kappa shape index (κ3) is 3.30. The molecule has 2 amide bonds. The second-order valence-corrected chi connectivity index (χ2v) is 5.41. The normalized spacial score (nSPS) is 17.9. The topological polar surface area (TPSA) is 69.6 Å². The van der Waals surface area contributed by atoms with Crippen molar-refractivity contribution in [3.63, 3.8) is 0 Å². The average molecular weight is 286 g/mol. The standard InChI is InChI=1S/C16H18N2O3/c1-16(2)15(21)17-14(20)11-18(16)10-13-7-4-3-6-12(13)8-5-9-19/h3-4,6-7,19H,9-11H2,1-2H3,(H,17,20,21). The van der Waals surface area contributed by atoms with Crippen LogP contribution in [0, 0.1) is 11.8 Å². The van der Waals surface area contributed by atoms with Crippen LogP contribution in [0.4, 0.5) is 0 Å². The molecule has 1 aliphatic heterocycles. The van der Waals surface area contributed by atoms with Crippen molar-refractivity contribution in [1.29, 1.82) is 0 Å². The van der Waals surface area contributed by atoms with E-state index in [-0.39, 0.29) is 25.0 Å². The van der Waals surface area contributed by atoms with Crippen molar-refractivity contribution in [2.75, 3.05) is 13.2 Å². The number of carbonyl (C=O) groups is 2. The second kappa shape index (κ2) is 6.08. The minimum absolute atomic E-state index is 0.167. The van der Waals surface area contributed by atoms with Gasteiger partial charge in [-0.2, -0.15) is 0 Å². The maximum absolute atomic E-state index is 11.9. The van der Waals surface area contributed by atoms with E-state index in [0.29, 0.717) is 6.54 Å². The Morgan fingerprint density at radius 1 is 1.33 bits per heavy atom. The lowest BCUT2D eigenvalue weighted by Gasteiger charge is -2.40. The largest absolute Gasteiger partial charge is 0.384 e. The Bertz CT molecular complexity index is 626. The number of benzene rings is 1. The molecule has 110 valence electrons. The van der Waals surface area contributed by atoms with Gasteiger partial charge in [0, 0.05) is 12.1 Å². The van der Waals surface area contributed by atoms with Gasteiger partial charge >= 0.3 is 0 Å². The fourth-order valence-corrected chi connectivity index (χ4v) is 2.21. The van der Waals surface area contributed by atoms with Gasteiger partial charge < -0.3 is 5.11 Å². The Balaban J connectivity index is 2.28. The molecule has 1 fully saturated rings. The molecule has 0 atom stereocenters. The predicted octanol–water partition coefficient (Wildman–Crippen LogP) is 0.267. The SMILES string of the molecule is CC1(C)C(=O)NC(=O)CN1Cc1ccccc1C#CCO. The molecule has 1 aromatic rings. The van der Waals surface area contributed by atoms with Crippen molar-refractivity contribution >= 4 is 11.8 Å². The highest BCUT2D eigenvalue weighted by molar-refractivity contribution is 6.02. The minimum Gasteiger partial charge on any atom is -0.384 e. The maximum Gasteiger partial charge on any atom is 0.246 e. The molecule has 2 N–H and O–H groups in total. The van der Waals surface area contributed by atoms with Gasteiger partial charge in [0.15, 0.2) is 0 Å². The number of rotatable bonds is 2. The number of aliphatic hydroxyl groups excluding tert-OH is 1. The van der Waals surface area contributed by atoms with Crippen molar-refractivity contribution in [2.24, 2.45) is 0 Å². The zero-order valence-corrected chi connectivity index (χ0v) is 12.1. The highest BCUT2D eigenvalue weighted by atomic mass is 16.2. The van der Waals surface area contributed by atoms with Gasteiger partial charge in [-0.05, 0) is 25.5 Å². The summed E-state index contributed by atoms with van der Waals surface area (Å²) < 4.78 is 0. The Morgan fingerprint density at radius 3 is 2.76 bits per heavy atom. The molecular formula is C16H18N2O3. The summed E-state index contributed by atoms with van der Waals surface area (Å²) in [6.07, 6.45) is 0. The molecule has 1 aromatic carbocycles. The van der Waals surface area contributed by atoms with Gasteiger partial charge in [-0.3, -0.25) is 19.8 Å². The summed E-state index contributed by atoms with van der Waals surface area (Å²) >= 11 is 0. The number of nitrogens with zero attached hydrogens (tertiary/aromatic N) is 1. The van der Waals surface area contributed by atoms with E-state index < -0.39 is 5.54 Å². The van der Waals surface area contributed by atoms with Crippen LogP contribution in [0.15, 0.2) is 24.3 Å². The number of carbonyl (C=O) groups excluding carboxylic acids is 2. The van der Waals surface area contributed by atoms with Crippen LogP contribution >= 0.6 is 0 Å². The lowest BCUT2D eigenvalue weighted by molar-refractivity contribution is -0.145. The molecule has 2 rings (SSSR count). The molecule has 0 spiro atoms. The average Bonchev–Trinajstić information content (AvgIpc) is 2.44. The molecule has 0 aromatic heterocycles. The smallest absolute Gasteiger partial charge is 0.246 e. The Hall–Kier alpha value is -2.16. The highest BCUT2D eigenvalue weighted by Crippen LogP contribution is 2.22. The lowest BCUT2D eigenvalue weighted by atomic mass is 9.96. The zero-order chi connectivity index (χ0) is 15.5. The summed E-state index contributed by atoms with van der Waals surface area (Å²) in [7, 11) is 0. The van der Waals surface area contributed by atoms with Crippen molar-refractivity contribution < 1.29 is 14.7 Å². The molecule has 0 saturated carbocycles. The zero-order valence-electron chi connectivity index (χ0n) is 12.1. The molecule has 0 bridgehead atoms. The first-order valence-corrected chi connectivity index (χ1v) is 6.72. The first-order chi connectivity index (χ1) is 9.95. The molecule has 1 saturated heterocycles. The lowest BCUT2D eigenvalue weighted by Crippen LogP contribution is -2.63. The van der Waals surface area contributed by atoms with Gasteiger partial charge in [0.2, 0.25) is 11.8 Å². The van der Waals surface area contributed by atoms with Crippen molar-refractivity contribution in [1.82, 2.24) is 10.2 Å². The first kappa shape index (κ1) is 15.2. The third-order valence-electron chi connectivity index (χ3n) is 3.61. The quantitative estimate of drug-likeness (QED) is 0.605. The number of hydrogen-bond acceptors (Lipinski definition) is 4. The van der Waals surface area contributed by atoms with E-state index in [0.717, 1.165) is 11.1 Å². The number of aliphatic hydroxyl groups is 1. The van der Waals surface area contributed by atoms with Crippen molar-refractivity contribution in [3.8, 4) is 11.8 Å². The summed E-state index contributed by atoms with van der Waals surface area (Å²) in [6, 6.07) is 7.52. The van der Waals surface area contributed by atoms with Crippen molar-refractivity contribution in [3.05, 3.63) is 35.4 Å². The fraction of sp³-hybridized carbons (Fsp3) is 0.375. The predicted molar refractivity (Wildman–Crippen MR) is 78.0 cm³/mol. The molecule has 5 heteroatoms. The van der Waals surface area contributed by atoms with Crippen LogP contribution in [0.25, 0.3) is 0 Å². The van der Waals surface area contributed by atoms with E-state index in [1.54, 1.807) is 13.8 Å². The molecule has 0 radical (unpaired) electrons. The fourth-order valence-electron chi connectivity index (χ4n) is 2.21. The van der Waals surface area contributed by atoms with Crippen LogP contribution in [0.5, 0.6) is 0 Å². The van der Waals surface area contributed by atoms with Crippen LogP contribution in [-0.4, -0.2) is 40.5 Å². The van der Waals surface area contributed by atoms with E-state index in [9.17, 15) is 9.59 Å². The Labute approximate surface area is 124 Å². The van der Waals surface area contributed by atoms with Crippen LogP contribution in [0.3, 0.4) is 0 Å². The van der Waals surface area contributed by atoms with Gasteiger partial charge in [0.25, 0.3) is 0 Å². The van der Waals surface area contributed by atoms with Crippen LogP contribution in [-0.2, 0) is 16.1 Å².